The number of aryl methyl sites for hydroxylation is 1. The molecule has 1 fully saturated rings. The minimum atomic E-state index is -3.77. The Kier molecular flexibility index (Phi) is 6.94. The maximum atomic E-state index is 12.8. The number of hydrogen-bond donors (Lipinski definition) is 2. The van der Waals surface area contributed by atoms with Gasteiger partial charge in [-0.25, -0.2) is 8.42 Å². The maximum absolute atomic E-state index is 12.8. The van der Waals surface area contributed by atoms with E-state index in [0.717, 1.165) is 5.56 Å². The molecule has 12 heteroatoms. The van der Waals surface area contributed by atoms with Crippen LogP contribution in [0.3, 0.4) is 0 Å². The van der Waals surface area contributed by atoms with Crippen LogP contribution in [0.1, 0.15) is 12.3 Å². The van der Waals surface area contributed by atoms with Gasteiger partial charge in [-0.3, -0.25) is 4.79 Å². The molecule has 4 rings (SSSR count). The van der Waals surface area contributed by atoms with Gasteiger partial charge in [0.2, 0.25) is 27.6 Å². The Morgan fingerprint density at radius 2 is 1.88 bits per heavy atom. The maximum Gasteiger partial charge on any atom is 0.243 e. The van der Waals surface area contributed by atoms with Crippen LogP contribution in [0, 0.1) is 0 Å². The Balaban J connectivity index is 1.39. The zero-order valence-corrected chi connectivity index (χ0v) is 19.0. The monoisotopic (exact) mass is 492 g/mol. The van der Waals surface area contributed by atoms with Crippen molar-refractivity contribution in [1.29, 1.82) is 0 Å². The first-order chi connectivity index (χ1) is 15.8. The SMILES string of the molecule is O=C(CCc1nc(-c2ccc(Cl)cc2)no1)Nc1cc(S(=O)(=O)N2CCOCC2)ccc1O. The number of anilines is 1. The van der Waals surface area contributed by atoms with Crippen molar-refractivity contribution in [2.75, 3.05) is 31.6 Å². The van der Waals surface area contributed by atoms with Crippen LogP contribution in [0.5, 0.6) is 5.75 Å². The summed E-state index contributed by atoms with van der Waals surface area (Å²) in [4.78, 5) is 16.6. The summed E-state index contributed by atoms with van der Waals surface area (Å²) in [7, 11) is -3.77. The van der Waals surface area contributed by atoms with E-state index in [1.54, 1.807) is 24.3 Å². The number of nitrogens with one attached hydrogen (secondary N) is 1. The standard InChI is InChI=1S/C21H21ClN4O6S/c22-15-3-1-14(2-4-15)21-24-20(32-25-21)8-7-19(28)23-17-13-16(5-6-18(17)27)33(29,30)26-9-11-31-12-10-26/h1-6,13,27H,7-12H2,(H,23,28). The number of amides is 1. The van der Waals surface area contributed by atoms with Crippen LogP contribution >= 0.6 is 11.6 Å². The van der Waals surface area contributed by atoms with Gasteiger partial charge >= 0.3 is 0 Å². The summed E-state index contributed by atoms with van der Waals surface area (Å²) in [5.41, 5.74) is 0.726. The quantitative estimate of drug-likeness (QED) is 0.480. The van der Waals surface area contributed by atoms with Gasteiger partial charge in [0.25, 0.3) is 0 Å². The molecule has 0 bridgehead atoms. The molecule has 1 aliphatic rings. The van der Waals surface area contributed by atoms with E-state index < -0.39 is 15.9 Å². The van der Waals surface area contributed by atoms with E-state index in [4.69, 9.17) is 20.9 Å². The molecule has 0 radical (unpaired) electrons. The van der Waals surface area contributed by atoms with Gasteiger partial charge in [-0.05, 0) is 42.5 Å². The molecule has 2 aromatic carbocycles. The number of morpholine rings is 1. The predicted octanol–water partition coefficient (Wildman–Crippen LogP) is 2.69. The zero-order valence-electron chi connectivity index (χ0n) is 17.4. The lowest BCUT2D eigenvalue weighted by Crippen LogP contribution is -2.40. The minimum Gasteiger partial charge on any atom is -0.506 e. The number of carbonyl (C=O) groups is 1. The number of phenolic OH excluding ortho intramolecular Hbond substituents is 1. The topological polar surface area (TPSA) is 135 Å². The van der Waals surface area contributed by atoms with Gasteiger partial charge in [0.1, 0.15) is 5.75 Å². The van der Waals surface area contributed by atoms with Crippen LogP contribution in [0.2, 0.25) is 5.02 Å². The summed E-state index contributed by atoms with van der Waals surface area (Å²) in [6.45, 7) is 1.12. The lowest BCUT2D eigenvalue weighted by Gasteiger charge is -2.26. The Labute approximate surface area is 195 Å². The molecule has 1 saturated heterocycles. The summed E-state index contributed by atoms with van der Waals surface area (Å²) in [5, 5.41) is 17.1. The van der Waals surface area contributed by atoms with Crippen molar-refractivity contribution in [2.45, 2.75) is 17.7 Å². The number of aromatic nitrogens is 2. The Hall–Kier alpha value is -2.99. The number of hydrogen-bond acceptors (Lipinski definition) is 8. The number of ether oxygens (including phenoxy) is 1. The molecular weight excluding hydrogens is 472 g/mol. The third-order valence-electron chi connectivity index (χ3n) is 4.99. The molecule has 10 nitrogen and oxygen atoms in total. The van der Waals surface area contributed by atoms with Crippen LogP contribution in [0.4, 0.5) is 5.69 Å². The normalized spacial score (nSPS) is 14.8. The molecule has 174 valence electrons. The number of benzene rings is 2. The molecule has 0 unspecified atom stereocenters. The highest BCUT2D eigenvalue weighted by molar-refractivity contribution is 7.89. The van der Waals surface area contributed by atoms with Crippen LogP contribution in [-0.4, -0.2) is 60.2 Å². The highest BCUT2D eigenvalue weighted by Crippen LogP contribution is 2.28. The first-order valence-corrected chi connectivity index (χ1v) is 11.9. The van der Waals surface area contributed by atoms with Gasteiger partial charge < -0.3 is 19.7 Å². The second-order valence-corrected chi connectivity index (χ2v) is 9.64. The molecule has 0 saturated carbocycles. The fourth-order valence-electron chi connectivity index (χ4n) is 3.22. The molecule has 2 heterocycles. The summed E-state index contributed by atoms with van der Waals surface area (Å²) in [6, 6.07) is 10.7. The molecule has 0 aliphatic carbocycles. The van der Waals surface area contributed by atoms with Crippen LogP contribution in [-0.2, 0) is 26.0 Å². The number of phenols is 1. The van der Waals surface area contributed by atoms with Crippen molar-refractivity contribution in [2.24, 2.45) is 0 Å². The van der Waals surface area contributed by atoms with Gasteiger partial charge in [0, 0.05) is 36.5 Å². The Morgan fingerprint density at radius 3 is 2.61 bits per heavy atom. The van der Waals surface area contributed by atoms with Crippen molar-refractivity contribution in [1.82, 2.24) is 14.4 Å². The van der Waals surface area contributed by atoms with E-state index >= 15 is 0 Å². The molecule has 33 heavy (non-hydrogen) atoms. The van der Waals surface area contributed by atoms with E-state index in [9.17, 15) is 18.3 Å². The van der Waals surface area contributed by atoms with E-state index in [1.165, 1.54) is 22.5 Å². The number of nitrogens with zero attached hydrogens (tertiary/aromatic N) is 3. The average Bonchev–Trinajstić information content (AvgIpc) is 3.29. The Morgan fingerprint density at radius 1 is 1.15 bits per heavy atom. The van der Waals surface area contributed by atoms with Crippen molar-refractivity contribution in [3.63, 3.8) is 0 Å². The highest BCUT2D eigenvalue weighted by atomic mass is 35.5. The highest BCUT2D eigenvalue weighted by Gasteiger charge is 2.27. The predicted molar refractivity (Wildman–Crippen MR) is 119 cm³/mol. The van der Waals surface area contributed by atoms with Crippen molar-refractivity contribution >= 4 is 33.2 Å². The fraction of sp³-hybridized carbons (Fsp3) is 0.286. The summed E-state index contributed by atoms with van der Waals surface area (Å²) in [5.74, 6) is -0.0479. The number of rotatable bonds is 7. The third-order valence-corrected chi connectivity index (χ3v) is 7.13. The number of aromatic hydroxyl groups is 1. The van der Waals surface area contributed by atoms with Gasteiger partial charge in [-0.2, -0.15) is 9.29 Å². The number of carbonyl (C=O) groups excluding carboxylic acids is 1. The summed E-state index contributed by atoms with van der Waals surface area (Å²) < 4.78 is 37.3. The third kappa shape index (κ3) is 5.50. The molecule has 1 amide bonds. The first-order valence-electron chi connectivity index (χ1n) is 10.1. The summed E-state index contributed by atoms with van der Waals surface area (Å²) >= 11 is 5.87. The lowest BCUT2D eigenvalue weighted by molar-refractivity contribution is -0.116. The van der Waals surface area contributed by atoms with Crippen LogP contribution < -0.4 is 5.32 Å². The van der Waals surface area contributed by atoms with E-state index in [0.29, 0.717) is 24.1 Å². The van der Waals surface area contributed by atoms with E-state index in [-0.39, 0.29) is 48.2 Å². The van der Waals surface area contributed by atoms with Gasteiger partial charge in [0.15, 0.2) is 0 Å². The fourth-order valence-corrected chi connectivity index (χ4v) is 4.78. The number of halogens is 1. The molecule has 1 aliphatic heterocycles. The number of sulfonamides is 1. The molecular formula is C21H21ClN4O6S. The second-order valence-electron chi connectivity index (χ2n) is 7.26. The van der Waals surface area contributed by atoms with Crippen molar-refractivity contribution in [3.8, 4) is 17.1 Å². The minimum absolute atomic E-state index is 0.00159. The van der Waals surface area contributed by atoms with Crippen LogP contribution in [0.15, 0.2) is 51.9 Å². The lowest BCUT2D eigenvalue weighted by atomic mass is 10.2. The summed E-state index contributed by atoms with van der Waals surface area (Å²) in [6.07, 6.45) is 0.154. The van der Waals surface area contributed by atoms with Gasteiger partial charge in [-0.1, -0.05) is 16.8 Å². The zero-order chi connectivity index (χ0) is 23.4. The molecule has 1 aromatic heterocycles. The first kappa shape index (κ1) is 23.2. The van der Waals surface area contributed by atoms with Crippen LogP contribution in [0.25, 0.3) is 11.4 Å². The largest absolute Gasteiger partial charge is 0.506 e. The van der Waals surface area contributed by atoms with Crippen molar-refractivity contribution < 1.29 is 27.6 Å². The van der Waals surface area contributed by atoms with Crippen molar-refractivity contribution in [3.05, 3.63) is 53.4 Å². The molecule has 0 spiro atoms. The molecule has 2 N–H and O–H groups in total. The van der Waals surface area contributed by atoms with E-state index in [1.807, 2.05) is 0 Å². The van der Waals surface area contributed by atoms with Gasteiger partial charge in [-0.15, -0.1) is 0 Å². The Bertz CT molecular complexity index is 1240. The smallest absolute Gasteiger partial charge is 0.243 e. The molecule has 3 aromatic rings. The molecule has 0 atom stereocenters. The second kappa shape index (κ2) is 9.87. The average molecular weight is 493 g/mol. The van der Waals surface area contributed by atoms with Gasteiger partial charge in [0.05, 0.1) is 23.8 Å². The van der Waals surface area contributed by atoms with E-state index in [2.05, 4.69) is 15.5 Å².